The molecule has 0 spiro atoms. The third kappa shape index (κ3) is 4.11. The van der Waals surface area contributed by atoms with E-state index in [0.717, 1.165) is 3.58 Å². The van der Waals surface area contributed by atoms with Crippen molar-refractivity contribution in [2.24, 2.45) is 0 Å². The van der Waals surface area contributed by atoms with Crippen molar-refractivity contribution < 1.29 is 9.53 Å². The number of halogens is 1. The number of methoxy groups -OCH3 is 1. The molecule has 0 aliphatic rings. The van der Waals surface area contributed by atoms with Crippen molar-refractivity contribution in [1.82, 2.24) is 0 Å². The molecule has 0 aliphatic carbocycles. The molecule has 0 N–H and O–H groups in total. The minimum atomic E-state index is -0.295. The second kappa shape index (κ2) is 3.88. The lowest BCUT2D eigenvalue weighted by molar-refractivity contribution is -0.134. The fourth-order valence-corrected chi connectivity index (χ4v) is 0.476. The second-order valence-electron chi connectivity index (χ2n) is 1.25. The van der Waals surface area contributed by atoms with Crippen molar-refractivity contribution in [2.75, 3.05) is 7.11 Å². The zero-order chi connectivity index (χ0) is 6.57. The van der Waals surface area contributed by atoms with Gasteiger partial charge in [0, 0.05) is 6.08 Å². The smallest absolute Gasteiger partial charge is 0.331 e. The van der Waals surface area contributed by atoms with Gasteiger partial charge in [-0.05, 0) is 33.1 Å². The summed E-state index contributed by atoms with van der Waals surface area (Å²) < 4.78 is 5.27. The van der Waals surface area contributed by atoms with Gasteiger partial charge in [-0.3, -0.25) is 0 Å². The van der Waals surface area contributed by atoms with Crippen LogP contribution in [0.5, 0.6) is 0 Å². The van der Waals surface area contributed by atoms with Crippen molar-refractivity contribution in [3.63, 3.8) is 0 Å². The Morgan fingerprint density at radius 2 is 2.25 bits per heavy atom. The molecule has 0 unspecified atom stereocenters. The van der Waals surface area contributed by atoms with Crippen LogP contribution in [-0.4, -0.2) is 13.1 Å². The number of hydrogen-bond donors (Lipinski definition) is 0. The molecule has 2 nitrogen and oxygen atoms in total. The van der Waals surface area contributed by atoms with Gasteiger partial charge in [-0.15, -0.1) is 0 Å². The summed E-state index contributed by atoms with van der Waals surface area (Å²) in [7, 11) is 1.36. The first-order chi connectivity index (χ1) is 3.66. The van der Waals surface area contributed by atoms with E-state index in [-0.39, 0.29) is 5.97 Å². The molecule has 0 aliphatic heterocycles. The van der Waals surface area contributed by atoms with Gasteiger partial charge >= 0.3 is 5.97 Å². The maximum absolute atomic E-state index is 10.3. The average molecular weight is 226 g/mol. The minimum Gasteiger partial charge on any atom is -0.466 e. The van der Waals surface area contributed by atoms with Crippen molar-refractivity contribution in [1.29, 1.82) is 0 Å². The lowest BCUT2D eigenvalue weighted by Crippen LogP contribution is -1.93. The highest BCUT2D eigenvalue weighted by molar-refractivity contribution is 14.1. The summed E-state index contributed by atoms with van der Waals surface area (Å²) in [6.07, 6.45) is 1.43. The van der Waals surface area contributed by atoms with Crippen molar-refractivity contribution >= 4 is 28.6 Å². The van der Waals surface area contributed by atoms with Crippen LogP contribution in [0.4, 0.5) is 0 Å². The van der Waals surface area contributed by atoms with Crippen molar-refractivity contribution in [2.45, 2.75) is 6.92 Å². The van der Waals surface area contributed by atoms with Gasteiger partial charge in [-0.1, -0.05) is 0 Å². The highest BCUT2D eigenvalue weighted by atomic mass is 127. The monoisotopic (exact) mass is 226 g/mol. The van der Waals surface area contributed by atoms with Crippen molar-refractivity contribution in [3.8, 4) is 0 Å². The summed E-state index contributed by atoms with van der Waals surface area (Å²) in [5.41, 5.74) is 0. The van der Waals surface area contributed by atoms with Crippen LogP contribution in [0.25, 0.3) is 0 Å². The predicted octanol–water partition coefficient (Wildman–Crippen LogP) is 1.50. The van der Waals surface area contributed by atoms with E-state index in [1.165, 1.54) is 13.2 Å². The number of allylic oxidation sites excluding steroid dienone is 1. The topological polar surface area (TPSA) is 26.3 Å². The van der Waals surface area contributed by atoms with Gasteiger partial charge in [0.1, 0.15) is 0 Å². The van der Waals surface area contributed by atoms with Gasteiger partial charge in [0.15, 0.2) is 0 Å². The molecule has 8 heavy (non-hydrogen) atoms. The van der Waals surface area contributed by atoms with Gasteiger partial charge in [-0.25, -0.2) is 4.79 Å². The normalized spacial score (nSPS) is 11.1. The third-order valence-corrected chi connectivity index (χ3v) is 0.829. The number of carbonyl (C=O) groups is 1. The maximum atomic E-state index is 10.3. The zero-order valence-electron chi connectivity index (χ0n) is 4.77. The average Bonchev–Trinajstić information content (AvgIpc) is 1.65. The van der Waals surface area contributed by atoms with Crippen LogP contribution >= 0.6 is 22.6 Å². The van der Waals surface area contributed by atoms with E-state index >= 15 is 0 Å². The molecule has 0 aromatic rings. The Balaban J connectivity index is 3.70. The number of carbonyl (C=O) groups excluding carboxylic acids is 1. The molecule has 0 bridgehead atoms. The lowest BCUT2D eigenvalue weighted by Gasteiger charge is -1.88. The van der Waals surface area contributed by atoms with Crippen molar-refractivity contribution in [3.05, 3.63) is 9.66 Å². The molecular formula is C5H7IO2. The predicted molar refractivity (Wildman–Crippen MR) is 39.8 cm³/mol. The van der Waals surface area contributed by atoms with Crippen LogP contribution in [-0.2, 0) is 9.53 Å². The molecule has 0 radical (unpaired) electrons. The fourth-order valence-electron chi connectivity index (χ4n) is 0.221. The highest BCUT2D eigenvalue weighted by Gasteiger charge is 1.90. The Kier molecular flexibility index (Phi) is 3.85. The van der Waals surface area contributed by atoms with E-state index in [2.05, 4.69) is 4.74 Å². The van der Waals surface area contributed by atoms with Crippen LogP contribution < -0.4 is 0 Å². The van der Waals surface area contributed by atoms with Gasteiger partial charge in [-0.2, -0.15) is 0 Å². The molecule has 0 aromatic carbocycles. The van der Waals surface area contributed by atoms with E-state index in [1.807, 2.05) is 29.5 Å². The Morgan fingerprint density at radius 3 is 2.38 bits per heavy atom. The first-order valence-corrected chi connectivity index (χ1v) is 3.16. The SMILES string of the molecule is COC(=O)/C=C(\C)I. The van der Waals surface area contributed by atoms with E-state index in [9.17, 15) is 4.79 Å². The molecule has 3 heteroatoms. The van der Waals surface area contributed by atoms with Crippen LogP contribution in [0, 0.1) is 0 Å². The van der Waals surface area contributed by atoms with E-state index in [1.54, 1.807) is 0 Å². The summed E-state index contributed by atoms with van der Waals surface area (Å²) in [5.74, 6) is -0.295. The van der Waals surface area contributed by atoms with E-state index in [4.69, 9.17) is 0 Å². The van der Waals surface area contributed by atoms with Gasteiger partial charge in [0.25, 0.3) is 0 Å². The Morgan fingerprint density at radius 1 is 1.75 bits per heavy atom. The Bertz CT molecular complexity index is 114. The number of ether oxygens (including phenoxy) is 1. The molecule has 0 rings (SSSR count). The zero-order valence-corrected chi connectivity index (χ0v) is 6.93. The molecular weight excluding hydrogens is 219 g/mol. The molecule has 46 valence electrons. The van der Waals surface area contributed by atoms with Crippen LogP contribution in [0.3, 0.4) is 0 Å². The minimum absolute atomic E-state index is 0.295. The Hall–Kier alpha value is -0.0600. The number of hydrogen-bond acceptors (Lipinski definition) is 2. The quantitative estimate of drug-likeness (QED) is 0.384. The number of rotatable bonds is 1. The van der Waals surface area contributed by atoms with Gasteiger partial charge in [0.05, 0.1) is 7.11 Å². The first-order valence-electron chi connectivity index (χ1n) is 2.08. The third-order valence-electron chi connectivity index (χ3n) is 0.518. The summed E-state index contributed by atoms with van der Waals surface area (Å²) in [5, 5.41) is 0. The lowest BCUT2D eigenvalue weighted by atomic mass is 10.5. The fraction of sp³-hybridized carbons (Fsp3) is 0.400. The van der Waals surface area contributed by atoms with Gasteiger partial charge in [0.2, 0.25) is 0 Å². The molecule has 0 atom stereocenters. The summed E-state index contributed by atoms with van der Waals surface area (Å²) in [6, 6.07) is 0. The molecule has 0 aromatic heterocycles. The summed E-state index contributed by atoms with van der Waals surface area (Å²) in [6.45, 7) is 1.83. The maximum Gasteiger partial charge on any atom is 0.331 e. The summed E-state index contributed by atoms with van der Waals surface area (Å²) in [4.78, 5) is 10.3. The molecule has 0 heterocycles. The molecule has 0 amide bonds. The standard InChI is InChI=1S/C5H7IO2/c1-4(6)3-5(7)8-2/h3H,1-2H3/b4-3+. The van der Waals surface area contributed by atoms with Crippen LogP contribution in [0.1, 0.15) is 6.92 Å². The molecule has 0 saturated heterocycles. The number of esters is 1. The van der Waals surface area contributed by atoms with Crippen LogP contribution in [0.15, 0.2) is 9.66 Å². The van der Waals surface area contributed by atoms with E-state index in [0.29, 0.717) is 0 Å². The molecule has 0 fully saturated rings. The first kappa shape index (κ1) is 7.94. The molecule has 0 saturated carbocycles. The summed E-state index contributed by atoms with van der Waals surface area (Å²) >= 11 is 2.04. The van der Waals surface area contributed by atoms with Gasteiger partial charge < -0.3 is 4.74 Å². The highest BCUT2D eigenvalue weighted by Crippen LogP contribution is 2.01. The van der Waals surface area contributed by atoms with E-state index < -0.39 is 0 Å². The Labute approximate surface area is 62.0 Å². The second-order valence-corrected chi connectivity index (χ2v) is 2.96. The largest absolute Gasteiger partial charge is 0.466 e. The van der Waals surface area contributed by atoms with Crippen LogP contribution in [0.2, 0.25) is 0 Å².